The molecule has 4 rings (SSSR count). The van der Waals surface area contributed by atoms with Gasteiger partial charge < -0.3 is 20.3 Å². The van der Waals surface area contributed by atoms with E-state index in [0.717, 1.165) is 10.6 Å². The highest BCUT2D eigenvalue weighted by Crippen LogP contribution is 2.38. The molecule has 1 aliphatic rings. The van der Waals surface area contributed by atoms with Crippen molar-refractivity contribution in [2.45, 2.75) is 26.4 Å². The topological polar surface area (TPSA) is 128 Å². The molecule has 0 aliphatic heterocycles. The summed E-state index contributed by atoms with van der Waals surface area (Å²) in [4.78, 5) is 29.2. The highest BCUT2D eigenvalue weighted by atomic mass is 32.1. The first-order valence-corrected chi connectivity index (χ1v) is 11.5. The molecule has 1 unspecified atom stereocenters. The summed E-state index contributed by atoms with van der Waals surface area (Å²) in [5.74, 6) is -0.155. The van der Waals surface area contributed by atoms with E-state index in [1.165, 1.54) is 11.3 Å². The largest absolute Gasteiger partial charge is 0.508 e. The Hall–Kier alpha value is -4.05. The average molecular weight is 481 g/mol. The van der Waals surface area contributed by atoms with Crippen molar-refractivity contribution in [3.8, 4) is 16.3 Å². The predicted octanol–water partition coefficient (Wildman–Crippen LogP) is 4.83. The van der Waals surface area contributed by atoms with Crippen LogP contribution in [0.5, 0.6) is 5.75 Å². The molecule has 1 aliphatic carbocycles. The molecular weight excluding hydrogens is 456 g/mol. The van der Waals surface area contributed by atoms with Crippen molar-refractivity contribution in [3.63, 3.8) is 0 Å². The van der Waals surface area contributed by atoms with Gasteiger partial charge in [-0.25, -0.2) is 9.78 Å². The van der Waals surface area contributed by atoms with E-state index in [1.807, 2.05) is 16.6 Å². The predicted molar refractivity (Wildman–Crippen MR) is 130 cm³/mol. The molecule has 3 aromatic heterocycles. The molecule has 0 bridgehead atoms. The highest BCUT2D eigenvalue weighted by Gasteiger charge is 2.22. The lowest BCUT2D eigenvalue weighted by Gasteiger charge is -2.17. The molecule has 0 aromatic carbocycles. The van der Waals surface area contributed by atoms with Gasteiger partial charge in [0.15, 0.2) is 0 Å². The molecule has 9 nitrogen and oxygen atoms in total. The number of fused-ring (bicyclic) bond motifs is 1. The van der Waals surface area contributed by atoms with Gasteiger partial charge in [-0.15, -0.1) is 11.3 Å². The summed E-state index contributed by atoms with van der Waals surface area (Å²) in [6.45, 7) is 3.80. The van der Waals surface area contributed by atoms with Gasteiger partial charge >= 0.3 is 6.09 Å². The number of anilines is 1. The quantitative estimate of drug-likeness (QED) is 0.445. The van der Waals surface area contributed by atoms with Crippen LogP contribution in [0.15, 0.2) is 66.2 Å². The second-order valence-electron chi connectivity index (χ2n) is 7.44. The van der Waals surface area contributed by atoms with Crippen LogP contribution in [0.2, 0.25) is 0 Å². The number of nitrogens with one attached hydrogen (secondary N) is 1. The molecule has 2 amide bonds. The van der Waals surface area contributed by atoms with E-state index < -0.39 is 18.1 Å². The van der Waals surface area contributed by atoms with Gasteiger partial charge in [0.25, 0.3) is 5.91 Å². The number of allylic oxidation sites excluding steroid dienone is 4. The molecule has 0 saturated carbocycles. The lowest BCUT2D eigenvalue weighted by molar-refractivity contribution is 0.0999. The number of carbonyl (C=O) groups is 2. The Labute approximate surface area is 199 Å². The summed E-state index contributed by atoms with van der Waals surface area (Å²) in [7, 11) is 0. The second-order valence-corrected chi connectivity index (χ2v) is 8.49. The van der Waals surface area contributed by atoms with E-state index in [4.69, 9.17) is 15.2 Å². The molecule has 0 spiro atoms. The first kappa shape index (κ1) is 23.1. The standard InChI is InChI=1S/C24H24N4O5S/c1-3-32-24(31)27-15-9-10-28-17(13-26-21(28)11-15)20-12-19(22(34-20)23(25)30)33-14(2)16-7-5-4-6-8-18(16)29/h4,6-14,29H,3,5H2,1-2H3,(H2,25,30)(H,27,31). The van der Waals surface area contributed by atoms with Gasteiger partial charge in [0.2, 0.25) is 0 Å². The minimum absolute atomic E-state index is 0.117. The second kappa shape index (κ2) is 9.84. The maximum absolute atomic E-state index is 12.1. The fourth-order valence-corrected chi connectivity index (χ4v) is 4.50. The Morgan fingerprint density at radius 2 is 2.21 bits per heavy atom. The minimum atomic E-state index is -0.607. The number of aromatic nitrogens is 2. The Balaban J connectivity index is 1.63. The molecule has 0 fully saturated rings. The molecule has 0 radical (unpaired) electrons. The lowest BCUT2D eigenvalue weighted by atomic mass is 10.1. The Morgan fingerprint density at radius 1 is 1.38 bits per heavy atom. The molecule has 0 saturated heterocycles. The number of amides is 2. The maximum atomic E-state index is 12.1. The zero-order chi connectivity index (χ0) is 24.2. The van der Waals surface area contributed by atoms with Gasteiger partial charge in [0.05, 0.1) is 23.4 Å². The van der Waals surface area contributed by atoms with Crippen LogP contribution in [-0.2, 0) is 4.74 Å². The normalized spacial score (nSPS) is 14.2. The smallest absolute Gasteiger partial charge is 0.411 e. The molecule has 3 heterocycles. The number of hydrogen-bond acceptors (Lipinski definition) is 7. The number of carbonyl (C=O) groups excluding carboxylic acids is 2. The van der Waals surface area contributed by atoms with E-state index in [2.05, 4.69) is 10.3 Å². The fraction of sp³-hybridized carbons (Fsp3) is 0.208. The summed E-state index contributed by atoms with van der Waals surface area (Å²) in [5, 5.41) is 12.9. The lowest BCUT2D eigenvalue weighted by Crippen LogP contribution is -2.18. The van der Waals surface area contributed by atoms with Crippen molar-refractivity contribution in [1.82, 2.24) is 9.38 Å². The van der Waals surface area contributed by atoms with Crippen LogP contribution in [0.1, 0.15) is 29.9 Å². The van der Waals surface area contributed by atoms with Crippen LogP contribution in [-0.4, -0.2) is 39.2 Å². The molecule has 34 heavy (non-hydrogen) atoms. The van der Waals surface area contributed by atoms with Gasteiger partial charge in [0, 0.05) is 29.6 Å². The summed E-state index contributed by atoms with van der Waals surface area (Å²) in [6, 6.07) is 5.18. The van der Waals surface area contributed by atoms with E-state index in [-0.39, 0.29) is 17.2 Å². The van der Waals surface area contributed by atoms with Crippen LogP contribution >= 0.6 is 11.3 Å². The maximum Gasteiger partial charge on any atom is 0.411 e. The number of thiophene rings is 1. The molecular formula is C24H24N4O5S. The van der Waals surface area contributed by atoms with Crippen LogP contribution in [0.3, 0.4) is 0 Å². The number of ether oxygens (including phenoxy) is 2. The molecule has 3 aromatic rings. The van der Waals surface area contributed by atoms with Crippen molar-refractivity contribution >= 4 is 34.7 Å². The number of nitrogens with two attached hydrogens (primary N) is 1. The van der Waals surface area contributed by atoms with Crippen molar-refractivity contribution in [1.29, 1.82) is 0 Å². The van der Waals surface area contributed by atoms with E-state index in [0.29, 0.717) is 29.1 Å². The molecule has 1 atom stereocenters. The van der Waals surface area contributed by atoms with Gasteiger partial charge in [0.1, 0.15) is 28.1 Å². The van der Waals surface area contributed by atoms with Crippen LogP contribution in [0.25, 0.3) is 16.2 Å². The highest BCUT2D eigenvalue weighted by molar-refractivity contribution is 7.17. The number of pyridine rings is 1. The number of aliphatic hydroxyl groups excluding tert-OH is 1. The van der Waals surface area contributed by atoms with Gasteiger partial charge in [-0.3, -0.25) is 14.5 Å². The number of nitrogens with zero attached hydrogens (tertiary/aromatic N) is 2. The third kappa shape index (κ3) is 4.81. The van der Waals surface area contributed by atoms with E-state index in [1.54, 1.807) is 56.6 Å². The van der Waals surface area contributed by atoms with Gasteiger partial charge in [-0.05, 0) is 32.4 Å². The third-order valence-corrected chi connectivity index (χ3v) is 6.26. The third-order valence-electron chi connectivity index (χ3n) is 5.11. The summed E-state index contributed by atoms with van der Waals surface area (Å²) >= 11 is 1.20. The Kier molecular flexibility index (Phi) is 6.69. The molecule has 176 valence electrons. The monoisotopic (exact) mass is 480 g/mol. The first-order chi connectivity index (χ1) is 16.4. The van der Waals surface area contributed by atoms with Crippen LogP contribution in [0.4, 0.5) is 10.5 Å². The first-order valence-electron chi connectivity index (χ1n) is 10.6. The zero-order valence-corrected chi connectivity index (χ0v) is 19.5. The zero-order valence-electron chi connectivity index (χ0n) is 18.6. The van der Waals surface area contributed by atoms with Crippen molar-refractivity contribution in [2.75, 3.05) is 11.9 Å². The van der Waals surface area contributed by atoms with Crippen LogP contribution < -0.4 is 15.8 Å². The average Bonchev–Trinajstić information content (AvgIpc) is 3.33. The van der Waals surface area contributed by atoms with E-state index in [9.17, 15) is 14.7 Å². The molecule has 10 heteroatoms. The number of imidazole rings is 1. The van der Waals surface area contributed by atoms with Crippen molar-refractivity contribution in [2.24, 2.45) is 5.73 Å². The number of aliphatic hydroxyl groups is 1. The SMILES string of the molecule is CCOC(=O)Nc1ccn2c(-c3cc(OC(C)C4=CCC=CC=C4O)c(C(N)=O)s3)cnc2c1. The van der Waals surface area contributed by atoms with Crippen molar-refractivity contribution in [3.05, 3.63) is 71.1 Å². The number of hydrogen-bond donors (Lipinski definition) is 3. The van der Waals surface area contributed by atoms with Crippen LogP contribution in [0, 0.1) is 0 Å². The van der Waals surface area contributed by atoms with Crippen molar-refractivity contribution < 1.29 is 24.2 Å². The fourth-order valence-electron chi connectivity index (χ4n) is 3.55. The molecule has 4 N–H and O–H groups in total. The summed E-state index contributed by atoms with van der Waals surface area (Å²) in [5.41, 5.74) is 8.12. The van der Waals surface area contributed by atoms with Gasteiger partial charge in [-0.2, -0.15) is 0 Å². The van der Waals surface area contributed by atoms with Gasteiger partial charge in [-0.1, -0.05) is 18.2 Å². The number of primary amides is 1. The Morgan fingerprint density at radius 3 is 2.97 bits per heavy atom. The minimum Gasteiger partial charge on any atom is -0.508 e. The summed E-state index contributed by atoms with van der Waals surface area (Å²) in [6.07, 6.45) is 10.2. The Bertz CT molecular complexity index is 1330. The van der Waals surface area contributed by atoms with E-state index >= 15 is 0 Å². The number of rotatable bonds is 7. The summed E-state index contributed by atoms with van der Waals surface area (Å²) < 4.78 is 12.8.